The maximum Gasteiger partial charge on any atom is 0.411 e. The van der Waals surface area contributed by atoms with E-state index in [1.54, 1.807) is 0 Å². The van der Waals surface area contributed by atoms with Crippen molar-refractivity contribution in [1.29, 1.82) is 0 Å². The van der Waals surface area contributed by atoms with E-state index in [1.165, 1.54) is 0 Å². The van der Waals surface area contributed by atoms with Crippen LogP contribution in [0.1, 0.15) is 0 Å². The van der Waals surface area contributed by atoms with Crippen LogP contribution in [0.3, 0.4) is 0 Å². The van der Waals surface area contributed by atoms with E-state index in [-0.39, 0.29) is 6.67 Å². The summed E-state index contributed by atoms with van der Waals surface area (Å²) in [5, 5.41) is 4.20. The van der Waals surface area contributed by atoms with Crippen LogP contribution in [0.25, 0.3) is 0 Å². The van der Waals surface area contributed by atoms with Crippen LogP contribution in [-0.4, -0.2) is 44.4 Å². The molecule has 116 valence electrons. The maximum absolute atomic E-state index is 11.0. The quantitative estimate of drug-likeness (QED) is 0.357. The first-order chi connectivity index (χ1) is 9.99. The molecule has 0 saturated heterocycles. The Balaban J connectivity index is 3.59. The lowest BCUT2D eigenvalue weighted by Crippen LogP contribution is -2.38. The molecule has 2 amide bonds. The van der Waals surface area contributed by atoms with E-state index < -0.39 is 37.7 Å². The second kappa shape index (κ2) is 10.8. The molecule has 10 nitrogen and oxygen atoms in total. The lowest BCUT2D eigenvalue weighted by molar-refractivity contribution is -0.146. The molecule has 0 aliphatic rings. The Labute approximate surface area is 119 Å². The molecule has 0 fully saturated rings. The zero-order chi connectivity index (χ0) is 16.1. The second-order valence-corrected chi connectivity index (χ2v) is 2.96. The van der Waals surface area contributed by atoms with Crippen molar-refractivity contribution in [2.75, 3.05) is 20.3 Å². The summed E-state index contributed by atoms with van der Waals surface area (Å²) in [6, 6.07) is 0. The highest BCUT2D eigenvalue weighted by molar-refractivity contribution is 5.81. The first-order valence-corrected chi connectivity index (χ1v) is 5.39. The van der Waals surface area contributed by atoms with E-state index in [0.29, 0.717) is 0 Å². The molecule has 0 unspecified atom stereocenters. The smallest absolute Gasteiger partial charge is 0.411 e. The summed E-state index contributed by atoms with van der Waals surface area (Å²) < 4.78 is 17.6. The van der Waals surface area contributed by atoms with Crippen molar-refractivity contribution in [2.45, 2.75) is 0 Å². The normalized spacial score (nSPS) is 8.76. The van der Waals surface area contributed by atoms with Gasteiger partial charge in [-0.15, -0.1) is 0 Å². The van der Waals surface area contributed by atoms with Crippen LogP contribution in [0, 0.1) is 0 Å². The number of hydrogen-bond acceptors (Lipinski definition) is 8. The Morgan fingerprint density at radius 1 is 0.762 bits per heavy atom. The van der Waals surface area contributed by atoms with Crippen molar-refractivity contribution < 1.29 is 38.1 Å². The van der Waals surface area contributed by atoms with E-state index in [2.05, 4.69) is 42.7 Å². The van der Waals surface area contributed by atoms with Crippen molar-refractivity contribution in [3.05, 3.63) is 25.3 Å². The van der Waals surface area contributed by atoms with Crippen LogP contribution in [0.4, 0.5) is 9.59 Å². The minimum atomic E-state index is -0.940. The molecule has 0 spiro atoms. The highest BCUT2D eigenvalue weighted by Gasteiger charge is 2.06. The van der Waals surface area contributed by atoms with Crippen LogP contribution in [0.15, 0.2) is 25.3 Å². The van der Waals surface area contributed by atoms with Gasteiger partial charge in [0.05, 0.1) is 6.67 Å². The number of ether oxygens (including phenoxy) is 4. The van der Waals surface area contributed by atoms with Gasteiger partial charge >= 0.3 is 24.1 Å². The minimum absolute atomic E-state index is 0.317. The Hall–Kier alpha value is -3.04. The van der Waals surface area contributed by atoms with Gasteiger partial charge in [-0.2, -0.15) is 0 Å². The topological polar surface area (TPSA) is 129 Å². The number of carbonyl (C=O) groups excluding carboxylic acids is 4. The van der Waals surface area contributed by atoms with E-state index in [0.717, 1.165) is 12.2 Å². The standard InChI is InChI=1S/C11H14N2O8/c1-3-8(14)18-6-20-10(16)12-5-13-11(17)21-7-19-9(15)4-2/h3-4H,1-2,5-7H2,(H,12,16)(H,13,17). The molecule has 0 rings (SSSR count). The Morgan fingerprint density at radius 3 is 1.48 bits per heavy atom. The summed E-state index contributed by atoms with van der Waals surface area (Å²) in [5.74, 6) is -1.50. The van der Waals surface area contributed by atoms with Gasteiger partial charge in [0.15, 0.2) is 0 Å². The van der Waals surface area contributed by atoms with Crippen molar-refractivity contribution >= 4 is 24.1 Å². The fraction of sp³-hybridized carbons (Fsp3) is 0.273. The monoisotopic (exact) mass is 302 g/mol. The fourth-order valence-corrected chi connectivity index (χ4v) is 0.691. The SMILES string of the molecule is C=CC(=O)OCOC(=O)NCNC(=O)OCOC(=O)C=C. The molecule has 0 aromatic rings. The fourth-order valence-electron chi connectivity index (χ4n) is 0.691. The molecule has 2 N–H and O–H groups in total. The molecule has 0 aliphatic heterocycles. The lowest BCUT2D eigenvalue weighted by atomic mass is 10.7. The van der Waals surface area contributed by atoms with Gasteiger partial charge in [0, 0.05) is 12.2 Å². The van der Waals surface area contributed by atoms with Gasteiger partial charge in [0.1, 0.15) is 0 Å². The van der Waals surface area contributed by atoms with Crippen LogP contribution in [0.5, 0.6) is 0 Å². The number of alkyl carbamates (subject to hydrolysis) is 2. The predicted molar refractivity (Wildman–Crippen MR) is 66.4 cm³/mol. The van der Waals surface area contributed by atoms with Crippen LogP contribution < -0.4 is 10.6 Å². The third-order valence-corrected chi connectivity index (χ3v) is 1.58. The van der Waals surface area contributed by atoms with Gasteiger partial charge in [0.2, 0.25) is 13.6 Å². The summed E-state index contributed by atoms with van der Waals surface area (Å²) in [6.45, 7) is 4.76. The zero-order valence-corrected chi connectivity index (χ0v) is 11.0. The van der Waals surface area contributed by atoms with E-state index in [4.69, 9.17) is 0 Å². The van der Waals surface area contributed by atoms with Gasteiger partial charge in [0.25, 0.3) is 0 Å². The summed E-state index contributed by atoms with van der Waals surface area (Å²) in [6.07, 6.45) is -0.0776. The summed E-state index contributed by atoms with van der Waals surface area (Å²) in [4.78, 5) is 43.2. The molecular formula is C11H14N2O8. The maximum atomic E-state index is 11.0. The summed E-state index contributed by atoms with van der Waals surface area (Å²) in [5.41, 5.74) is 0. The molecule has 0 aromatic carbocycles. The first-order valence-electron chi connectivity index (χ1n) is 5.39. The number of hydrogen-bond donors (Lipinski definition) is 2. The van der Waals surface area contributed by atoms with Crippen LogP contribution in [-0.2, 0) is 28.5 Å². The molecule has 0 atom stereocenters. The lowest BCUT2D eigenvalue weighted by Gasteiger charge is -2.08. The highest BCUT2D eigenvalue weighted by atomic mass is 16.7. The molecule has 0 aromatic heterocycles. The van der Waals surface area contributed by atoms with Crippen LogP contribution >= 0.6 is 0 Å². The third-order valence-electron chi connectivity index (χ3n) is 1.58. The molecule has 0 saturated carbocycles. The highest BCUT2D eigenvalue weighted by Crippen LogP contribution is 1.84. The van der Waals surface area contributed by atoms with Crippen molar-refractivity contribution in [3.8, 4) is 0 Å². The predicted octanol–water partition coefficient (Wildman–Crippen LogP) is -0.230. The molecule has 21 heavy (non-hydrogen) atoms. The van der Waals surface area contributed by atoms with Crippen molar-refractivity contribution in [2.24, 2.45) is 0 Å². The van der Waals surface area contributed by atoms with E-state index >= 15 is 0 Å². The second-order valence-electron chi connectivity index (χ2n) is 2.96. The number of esters is 2. The zero-order valence-electron chi connectivity index (χ0n) is 11.0. The first kappa shape index (κ1) is 18.0. The van der Waals surface area contributed by atoms with Crippen molar-refractivity contribution in [1.82, 2.24) is 10.6 Å². The Morgan fingerprint density at radius 2 is 1.14 bits per heavy atom. The molecule has 0 radical (unpaired) electrons. The molecule has 0 heterocycles. The number of nitrogens with one attached hydrogen (secondary N) is 2. The summed E-state index contributed by atoms with van der Waals surface area (Å²) >= 11 is 0. The van der Waals surface area contributed by atoms with Gasteiger partial charge < -0.3 is 29.6 Å². The average Bonchev–Trinajstić information content (AvgIpc) is 2.46. The van der Waals surface area contributed by atoms with Gasteiger partial charge in [-0.05, 0) is 0 Å². The van der Waals surface area contributed by atoms with Gasteiger partial charge in [-0.25, -0.2) is 19.2 Å². The minimum Gasteiger partial charge on any atom is -0.425 e. The average molecular weight is 302 g/mol. The molecule has 0 bridgehead atoms. The van der Waals surface area contributed by atoms with E-state index in [1.807, 2.05) is 0 Å². The molecule has 10 heteroatoms. The van der Waals surface area contributed by atoms with Crippen LogP contribution in [0.2, 0.25) is 0 Å². The molecule has 0 aliphatic carbocycles. The largest absolute Gasteiger partial charge is 0.425 e. The Kier molecular flexibility index (Phi) is 9.27. The molecular weight excluding hydrogens is 288 g/mol. The number of carbonyl (C=O) groups is 4. The van der Waals surface area contributed by atoms with E-state index in [9.17, 15) is 19.2 Å². The third kappa shape index (κ3) is 10.6. The van der Waals surface area contributed by atoms with Crippen molar-refractivity contribution in [3.63, 3.8) is 0 Å². The van der Waals surface area contributed by atoms with Gasteiger partial charge in [-0.3, -0.25) is 0 Å². The number of rotatable bonds is 8. The number of amides is 2. The Bertz CT molecular complexity index is 382. The van der Waals surface area contributed by atoms with Gasteiger partial charge in [-0.1, -0.05) is 13.2 Å². The summed E-state index contributed by atoms with van der Waals surface area (Å²) in [7, 11) is 0.